The minimum atomic E-state index is -0.553. The second-order valence-electron chi connectivity index (χ2n) is 10.8. The summed E-state index contributed by atoms with van der Waals surface area (Å²) in [4.78, 5) is 30.1. The first-order chi connectivity index (χ1) is 16.1. The molecule has 1 atom stereocenters. The third-order valence-corrected chi connectivity index (χ3v) is 7.13. The maximum atomic E-state index is 13.5. The average Bonchev–Trinajstić information content (AvgIpc) is 3.36. The summed E-state index contributed by atoms with van der Waals surface area (Å²) in [5, 5.41) is 5.29. The monoisotopic (exact) mass is 484 g/mol. The van der Waals surface area contributed by atoms with Gasteiger partial charge in [-0.25, -0.2) is 4.79 Å². The molecule has 34 heavy (non-hydrogen) atoms. The van der Waals surface area contributed by atoms with Gasteiger partial charge in [-0.15, -0.1) is 0 Å². The minimum absolute atomic E-state index is 0.0288. The fourth-order valence-electron chi connectivity index (χ4n) is 5.13. The standard InChI is InChI=1S/C26H33ClN4O3/c1-16-14-31(19-7-8-19)28-23(16)24(32)29-11-9-17-12-18(27)13-20(21(17)15-29)22-6-5-10-30(22)25(33)34-26(2,3)4/h12-14,19,22H,5-11,15H2,1-4H3/t22-/m0/s1. The number of nitrogens with zero attached hydrogens (tertiary/aromatic N) is 4. The van der Waals surface area contributed by atoms with E-state index in [0.717, 1.165) is 54.4 Å². The third-order valence-electron chi connectivity index (χ3n) is 6.91. The van der Waals surface area contributed by atoms with Gasteiger partial charge in [-0.2, -0.15) is 5.10 Å². The Morgan fingerprint density at radius 3 is 2.62 bits per heavy atom. The van der Waals surface area contributed by atoms with Gasteiger partial charge in [-0.1, -0.05) is 11.6 Å². The number of halogens is 1. The normalized spacial score (nSPS) is 20.4. The lowest BCUT2D eigenvalue weighted by molar-refractivity contribution is 0.0222. The number of amides is 2. The van der Waals surface area contributed by atoms with Gasteiger partial charge in [0.15, 0.2) is 5.69 Å². The Balaban J connectivity index is 1.42. The summed E-state index contributed by atoms with van der Waals surface area (Å²) in [7, 11) is 0. The molecule has 3 heterocycles. The molecule has 2 fully saturated rings. The Kier molecular flexibility index (Phi) is 5.87. The quantitative estimate of drug-likeness (QED) is 0.581. The van der Waals surface area contributed by atoms with E-state index in [1.54, 1.807) is 0 Å². The first-order valence-electron chi connectivity index (χ1n) is 12.3. The van der Waals surface area contributed by atoms with Crippen LogP contribution >= 0.6 is 11.6 Å². The molecule has 0 N–H and O–H groups in total. The number of aryl methyl sites for hydroxylation is 1. The molecule has 1 aromatic heterocycles. The fourth-order valence-corrected chi connectivity index (χ4v) is 5.38. The van der Waals surface area contributed by atoms with E-state index in [0.29, 0.717) is 36.4 Å². The van der Waals surface area contributed by atoms with Crippen molar-refractivity contribution in [3.05, 3.63) is 51.3 Å². The van der Waals surface area contributed by atoms with Crippen molar-refractivity contribution in [1.82, 2.24) is 19.6 Å². The average molecular weight is 485 g/mol. The van der Waals surface area contributed by atoms with E-state index in [1.165, 1.54) is 0 Å². The van der Waals surface area contributed by atoms with E-state index in [4.69, 9.17) is 16.3 Å². The molecule has 0 unspecified atom stereocenters. The Morgan fingerprint density at radius 1 is 1.15 bits per heavy atom. The molecule has 1 saturated carbocycles. The largest absolute Gasteiger partial charge is 0.444 e. The van der Waals surface area contributed by atoms with E-state index in [9.17, 15) is 9.59 Å². The van der Waals surface area contributed by atoms with Crippen LogP contribution in [0, 0.1) is 6.92 Å². The molecule has 1 aromatic carbocycles. The van der Waals surface area contributed by atoms with Gasteiger partial charge in [0, 0.05) is 36.4 Å². The predicted molar refractivity (Wildman–Crippen MR) is 130 cm³/mol. The van der Waals surface area contributed by atoms with E-state index < -0.39 is 5.60 Å². The van der Waals surface area contributed by atoms with Crippen LogP contribution in [0.2, 0.25) is 5.02 Å². The molecule has 2 aliphatic heterocycles. The molecule has 1 aliphatic carbocycles. The summed E-state index contributed by atoms with van der Waals surface area (Å²) in [5.41, 5.74) is 4.20. The summed E-state index contributed by atoms with van der Waals surface area (Å²) < 4.78 is 7.63. The van der Waals surface area contributed by atoms with Gasteiger partial charge in [-0.3, -0.25) is 9.48 Å². The maximum Gasteiger partial charge on any atom is 0.410 e. The van der Waals surface area contributed by atoms with Crippen molar-refractivity contribution in [2.24, 2.45) is 0 Å². The highest BCUT2D eigenvalue weighted by Crippen LogP contribution is 2.39. The van der Waals surface area contributed by atoms with Crippen LogP contribution in [0.4, 0.5) is 4.79 Å². The highest BCUT2D eigenvalue weighted by atomic mass is 35.5. The van der Waals surface area contributed by atoms with Crippen LogP contribution in [0.25, 0.3) is 0 Å². The number of likely N-dealkylation sites (tertiary alicyclic amines) is 1. The molecule has 5 rings (SSSR count). The van der Waals surface area contributed by atoms with Crippen molar-refractivity contribution in [1.29, 1.82) is 0 Å². The summed E-state index contributed by atoms with van der Waals surface area (Å²) in [6, 6.07) is 4.31. The highest BCUT2D eigenvalue weighted by molar-refractivity contribution is 6.30. The molecule has 7 nitrogen and oxygen atoms in total. The lowest BCUT2D eigenvalue weighted by Crippen LogP contribution is -2.39. The summed E-state index contributed by atoms with van der Waals surface area (Å²) in [6.45, 7) is 9.38. The molecule has 0 radical (unpaired) electrons. The number of hydrogen-bond acceptors (Lipinski definition) is 4. The van der Waals surface area contributed by atoms with Crippen LogP contribution in [0.15, 0.2) is 18.3 Å². The number of ether oxygens (including phenoxy) is 1. The van der Waals surface area contributed by atoms with Gasteiger partial charge >= 0.3 is 6.09 Å². The van der Waals surface area contributed by atoms with Crippen LogP contribution < -0.4 is 0 Å². The lowest BCUT2D eigenvalue weighted by atomic mass is 9.90. The molecule has 3 aliphatic rings. The summed E-state index contributed by atoms with van der Waals surface area (Å²) >= 11 is 6.52. The number of fused-ring (bicyclic) bond motifs is 1. The van der Waals surface area contributed by atoms with Crippen molar-refractivity contribution in [3.63, 3.8) is 0 Å². The van der Waals surface area contributed by atoms with Gasteiger partial charge in [0.05, 0.1) is 12.1 Å². The Hall–Kier alpha value is -2.54. The third kappa shape index (κ3) is 4.54. The van der Waals surface area contributed by atoms with Crippen LogP contribution in [0.5, 0.6) is 0 Å². The summed E-state index contributed by atoms with van der Waals surface area (Å²) in [6.07, 6.45) is 6.45. The van der Waals surface area contributed by atoms with Crippen LogP contribution in [-0.2, 0) is 17.7 Å². The number of rotatable bonds is 3. The Bertz CT molecular complexity index is 1130. The van der Waals surface area contributed by atoms with Gasteiger partial charge in [0.2, 0.25) is 0 Å². The van der Waals surface area contributed by atoms with Gasteiger partial charge in [0.25, 0.3) is 5.91 Å². The number of benzene rings is 1. The van der Waals surface area contributed by atoms with E-state index in [-0.39, 0.29) is 18.0 Å². The van der Waals surface area contributed by atoms with Crippen molar-refractivity contribution in [2.45, 2.75) is 84.0 Å². The summed E-state index contributed by atoms with van der Waals surface area (Å²) in [5.74, 6) is -0.0288. The van der Waals surface area contributed by atoms with E-state index >= 15 is 0 Å². The molecular formula is C26H33ClN4O3. The topological polar surface area (TPSA) is 67.7 Å². The van der Waals surface area contributed by atoms with Crippen molar-refractivity contribution < 1.29 is 14.3 Å². The molecular weight excluding hydrogens is 452 g/mol. The van der Waals surface area contributed by atoms with Crippen LogP contribution in [-0.4, -0.2) is 50.3 Å². The van der Waals surface area contributed by atoms with Crippen LogP contribution in [0.3, 0.4) is 0 Å². The molecule has 2 amide bonds. The van der Waals surface area contributed by atoms with Crippen molar-refractivity contribution in [2.75, 3.05) is 13.1 Å². The minimum Gasteiger partial charge on any atom is -0.444 e. The molecule has 2 aromatic rings. The van der Waals surface area contributed by atoms with E-state index in [2.05, 4.69) is 5.10 Å². The first kappa shape index (κ1) is 23.2. The Morgan fingerprint density at radius 2 is 1.91 bits per heavy atom. The number of carbonyl (C=O) groups is 2. The predicted octanol–water partition coefficient (Wildman–Crippen LogP) is 5.45. The molecule has 0 bridgehead atoms. The zero-order chi connectivity index (χ0) is 24.2. The van der Waals surface area contributed by atoms with Crippen molar-refractivity contribution >= 4 is 23.6 Å². The van der Waals surface area contributed by atoms with Crippen LogP contribution in [0.1, 0.15) is 91.3 Å². The fraction of sp³-hybridized carbons (Fsp3) is 0.577. The smallest absolute Gasteiger partial charge is 0.410 e. The zero-order valence-corrected chi connectivity index (χ0v) is 21.2. The van der Waals surface area contributed by atoms with Gasteiger partial charge < -0.3 is 14.5 Å². The Labute approximate surface area is 206 Å². The number of carbonyl (C=O) groups excluding carboxylic acids is 2. The maximum absolute atomic E-state index is 13.5. The van der Waals surface area contributed by atoms with Gasteiger partial charge in [-0.05, 0) is 88.6 Å². The number of aromatic nitrogens is 2. The second-order valence-corrected chi connectivity index (χ2v) is 11.2. The molecule has 182 valence electrons. The van der Waals surface area contributed by atoms with Crippen molar-refractivity contribution in [3.8, 4) is 0 Å². The van der Waals surface area contributed by atoms with E-state index in [1.807, 2.05) is 60.5 Å². The molecule has 1 saturated heterocycles. The number of hydrogen-bond donors (Lipinski definition) is 0. The SMILES string of the molecule is Cc1cn(C2CC2)nc1C(=O)N1CCc2cc(Cl)cc([C@@H]3CCCN3C(=O)OC(C)(C)C)c2C1. The molecule has 8 heteroatoms. The first-order valence-corrected chi connectivity index (χ1v) is 12.6. The lowest BCUT2D eigenvalue weighted by Gasteiger charge is -2.34. The highest BCUT2D eigenvalue weighted by Gasteiger charge is 2.37. The van der Waals surface area contributed by atoms with Gasteiger partial charge in [0.1, 0.15) is 5.60 Å². The zero-order valence-electron chi connectivity index (χ0n) is 20.4. The second kappa shape index (κ2) is 8.59. The molecule has 0 spiro atoms.